The van der Waals surface area contributed by atoms with E-state index in [1.807, 2.05) is 24.3 Å². The second-order valence-electron chi connectivity index (χ2n) is 5.09. The van der Waals surface area contributed by atoms with Gasteiger partial charge in [0.2, 0.25) is 0 Å². The zero-order valence-electron chi connectivity index (χ0n) is 12.7. The number of aromatic nitrogens is 1. The molecule has 0 radical (unpaired) electrons. The van der Waals surface area contributed by atoms with Crippen molar-refractivity contribution < 1.29 is 14.7 Å². The lowest BCUT2D eigenvalue weighted by Gasteiger charge is -2.07. The van der Waals surface area contributed by atoms with E-state index in [0.29, 0.717) is 18.7 Å². The van der Waals surface area contributed by atoms with Gasteiger partial charge in [0.05, 0.1) is 10.3 Å². The van der Waals surface area contributed by atoms with Gasteiger partial charge in [-0.05, 0) is 47.9 Å². The van der Waals surface area contributed by atoms with Gasteiger partial charge in [0.25, 0.3) is 5.91 Å². The molecular formula is C17H15N3O3S. The number of carbonyl (C=O) groups is 2. The molecule has 3 aromatic rings. The maximum Gasteiger partial charge on any atom is 0.335 e. The molecule has 0 aliphatic rings. The molecule has 0 spiro atoms. The molecule has 122 valence electrons. The SMILES string of the molecule is O=C(O)c1ccc(C(=O)NCCNc2nsc3ccccc23)cc1. The van der Waals surface area contributed by atoms with Gasteiger partial charge in [-0.15, -0.1) is 0 Å². The van der Waals surface area contributed by atoms with Gasteiger partial charge >= 0.3 is 5.97 Å². The van der Waals surface area contributed by atoms with Crippen LogP contribution in [-0.4, -0.2) is 34.4 Å². The smallest absolute Gasteiger partial charge is 0.335 e. The third-order valence-corrected chi connectivity index (χ3v) is 4.30. The summed E-state index contributed by atoms with van der Waals surface area (Å²) in [6.45, 7) is 0.984. The zero-order chi connectivity index (χ0) is 16.9. The highest BCUT2D eigenvalue weighted by Gasteiger charge is 2.08. The van der Waals surface area contributed by atoms with Crippen LogP contribution in [0.5, 0.6) is 0 Å². The molecule has 0 fully saturated rings. The summed E-state index contributed by atoms with van der Waals surface area (Å²) in [7, 11) is 0. The van der Waals surface area contributed by atoms with Crippen LogP contribution in [-0.2, 0) is 0 Å². The molecule has 0 atom stereocenters. The molecule has 7 heteroatoms. The van der Waals surface area contributed by atoms with Gasteiger partial charge in [-0.1, -0.05) is 12.1 Å². The van der Waals surface area contributed by atoms with Gasteiger partial charge in [0, 0.05) is 24.0 Å². The van der Waals surface area contributed by atoms with Crippen molar-refractivity contribution in [1.29, 1.82) is 0 Å². The molecule has 1 amide bonds. The van der Waals surface area contributed by atoms with E-state index in [9.17, 15) is 9.59 Å². The predicted molar refractivity (Wildman–Crippen MR) is 93.8 cm³/mol. The Balaban J connectivity index is 1.51. The van der Waals surface area contributed by atoms with Gasteiger partial charge in [-0.2, -0.15) is 4.37 Å². The Morgan fingerprint density at radius 2 is 1.71 bits per heavy atom. The fraction of sp³-hybridized carbons (Fsp3) is 0.118. The molecule has 0 aliphatic heterocycles. The third-order valence-electron chi connectivity index (χ3n) is 3.47. The van der Waals surface area contributed by atoms with E-state index in [0.717, 1.165) is 15.9 Å². The molecule has 24 heavy (non-hydrogen) atoms. The van der Waals surface area contributed by atoms with Crippen molar-refractivity contribution in [1.82, 2.24) is 9.69 Å². The number of fused-ring (bicyclic) bond motifs is 1. The minimum Gasteiger partial charge on any atom is -0.478 e. The maximum absolute atomic E-state index is 12.0. The second kappa shape index (κ2) is 7.10. The summed E-state index contributed by atoms with van der Waals surface area (Å²) in [5.41, 5.74) is 0.586. The third kappa shape index (κ3) is 3.52. The first kappa shape index (κ1) is 15.9. The quantitative estimate of drug-likeness (QED) is 0.600. The highest BCUT2D eigenvalue weighted by atomic mass is 32.1. The number of hydrogen-bond donors (Lipinski definition) is 3. The molecule has 1 aromatic heterocycles. The average molecular weight is 341 g/mol. The number of nitrogens with one attached hydrogen (secondary N) is 2. The molecule has 0 bridgehead atoms. The molecule has 2 aromatic carbocycles. The van der Waals surface area contributed by atoms with E-state index >= 15 is 0 Å². The molecular weight excluding hydrogens is 326 g/mol. The van der Waals surface area contributed by atoms with Crippen molar-refractivity contribution in [2.24, 2.45) is 0 Å². The predicted octanol–water partition coefficient (Wildman–Crippen LogP) is 2.84. The molecule has 3 N–H and O–H groups in total. The minimum atomic E-state index is -1.01. The molecule has 0 saturated carbocycles. The Morgan fingerprint density at radius 1 is 1.00 bits per heavy atom. The standard InChI is InChI=1S/C17H15N3O3S/c21-16(11-5-7-12(8-6-11)17(22)23)19-10-9-18-15-13-3-1-2-4-14(13)24-20-15/h1-8H,9-10H2,(H,18,20)(H,19,21)(H,22,23). The lowest BCUT2D eigenvalue weighted by atomic mass is 10.1. The molecule has 0 saturated heterocycles. The molecule has 0 unspecified atom stereocenters. The van der Waals surface area contributed by atoms with Gasteiger partial charge in [0.1, 0.15) is 5.82 Å². The van der Waals surface area contributed by atoms with E-state index in [1.54, 1.807) is 0 Å². The summed E-state index contributed by atoms with van der Waals surface area (Å²) in [6.07, 6.45) is 0. The molecule has 3 rings (SSSR count). The Morgan fingerprint density at radius 3 is 2.46 bits per heavy atom. The number of nitrogens with zero attached hydrogens (tertiary/aromatic N) is 1. The van der Waals surface area contributed by atoms with E-state index < -0.39 is 5.97 Å². The summed E-state index contributed by atoms with van der Waals surface area (Å²) >= 11 is 1.43. The van der Waals surface area contributed by atoms with Crippen LogP contribution in [0.2, 0.25) is 0 Å². The number of amides is 1. The number of aromatic carboxylic acids is 1. The Hall–Kier alpha value is -2.93. The molecule has 0 aliphatic carbocycles. The number of carbonyl (C=O) groups excluding carboxylic acids is 1. The van der Waals surface area contributed by atoms with Crippen molar-refractivity contribution in [3.8, 4) is 0 Å². The van der Waals surface area contributed by atoms with E-state index in [2.05, 4.69) is 15.0 Å². The summed E-state index contributed by atoms with van der Waals surface area (Å²) in [5.74, 6) is -0.436. The van der Waals surface area contributed by atoms with Crippen molar-refractivity contribution in [3.05, 3.63) is 59.7 Å². The molecule has 1 heterocycles. The van der Waals surface area contributed by atoms with Crippen LogP contribution in [0.25, 0.3) is 10.1 Å². The minimum absolute atomic E-state index is 0.156. The number of anilines is 1. The van der Waals surface area contributed by atoms with Crippen molar-refractivity contribution >= 4 is 39.3 Å². The zero-order valence-corrected chi connectivity index (χ0v) is 13.5. The number of hydrogen-bond acceptors (Lipinski definition) is 5. The van der Waals surface area contributed by atoms with Crippen LogP contribution in [0.4, 0.5) is 5.82 Å². The number of benzene rings is 2. The van der Waals surface area contributed by atoms with Crippen LogP contribution >= 0.6 is 11.5 Å². The second-order valence-corrected chi connectivity index (χ2v) is 5.90. The van der Waals surface area contributed by atoms with Crippen molar-refractivity contribution in [2.45, 2.75) is 0 Å². The van der Waals surface area contributed by atoms with Crippen LogP contribution in [0.3, 0.4) is 0 Å². The van der Waals surface area contributed by atoms with Crippen molar-refractivity contribution in [3.63, 3.8) is 0 Å². The highest BCUT2D eigenvalue weighted by molar-refractivity contribution is 7.13. The first-order chi connectivity index (χ1) is 11.6. The average Bonchev–Trinajstić information content (AvgIpc) is 3.02. The first-order valence-corrected chi connectivity index (χ1v) is 8.12. The summed E-state index contributed by atoms with van der Waals surface area (Å²) in [4.78, 5) is 22.8. The Bertz CT molecular complexity index is 874. The maximum atomic E-state index is 12.0. The fourth-order valence-electron chi connectivity index (χ4n) is 2.24. The van der Waals surface area contributed by atoms with E-state index in [1.165, 1.54) is 35.8 Å². The summed E-state index contributed by atoms with van der Waals surface area (Å²) < 4.78 is 5.47. The number of carboxylic acid groups (broad SMARTS) is 1. The van der Waals surface area contributed by atoms with Crippen molar-refractivity contribution in [2.75, 3.05) is 18.4 Å². The number of carboxylic acids is 1. The van der Waals surface area contributed by atoms with Gasteiger partial charge in [0.15, 0.2) is 0 Å². The van der Waals surface area contributed by atoms with Crippen LogP contribution in [0.15, 0.2) is 48.5 Å². The molecule has 6 nitrogen and oxygen atoms in total. The van der Waals surface area contributed by atoms with Gasteiger partial charge in [-0.3, -0.25) is 4.79 Å². The number of rotatable bonds is 6. The van der Waals surface area contributed by atoms with Crippen LogP contribution in [0, 0.1) is 0 Å². The first-order valence-electron chi connectivity index (χ1n) is 7.35. The topological polar surface area (TPSA) is 91.3 Å². The Kier molecular flexibility index (Phi) is 4.72. The lowest BCUT2D eigenvalue weighted by molar-refractivity contribution is 0.0696. The fourth-order valence-corrected chi connectivity index (χ4v) is 2.99. The highest BCUT2D eigenvalue weighted by Crippen LogP contribution is 2.25. The lowest BCUT2D eigenvalue weighted by Crippen LogP contribution is -2.28. The normalized spacial score (nSPS) is 10.5. The van der Waals surface area contributed by atoms with Crippen LogP contribution in [0.1, 0.15) is 20.7 Å². The summed E-state index contributed by atoms with van der Waals surface area (Å²) in [6, 6.07) is 13.8. The Labute approximate surface area is 142 Å². The summed E-state index contributed by atoms with van der Waals surface area (Å²) in [5, 5.41) is 15.9. The monoisotopic (exact) mass is 341 g/mol. The largest absolute Gasteiger partial charge is 0.478 e. The van der Waals surface area contributed by atoms with Crippen LogP contribution < -0.4 is 10.6 Å². The van der Waals surface area contributed by atoms with Gasteiger partial charge in [-0.25, -0.2) is 4.79 Å². The van der Waals surface area contributed by atoms with E-state index in [4.69, 9.17) is 5.11 Å². The van der Waals surface area contributed by atoms with E-state index in [-0.39, 0.29) is 11.5 Å². The van der Waals surface area contributed by atoms with Gasteiger partial charge < -0.3 is 15.7 Å².